The second kappa shape index (κ2) is 32.5. The number of benzene rings is 4. The van der Waals surface area contributed by atoms with Crippen molar-refractivity contribution in [2.45, 2.75) is 111 Å². The molecule has 92 heavy (non-hydrogen) atoms. The first-order valence-electron chi connectivity index (χ1n) is 32.5. The summed E-state index contributed by atoms with van der Waals surface area (Å²) in [5, 5.41) is 35.5. The van der Waals surface area contributed by atoms with Crippen molar-refractivity contribution >= 4 is 55.1 Å². The molecule has 0 unspecified atom stereocenters. The SMILES string of the molecule is C[C@@H]1CCCN([C@H]2Cc3c(C#N)cc(Cl)cc3[C@@H]2Oc2ccc(S(=O)(=O)C[C@H]3CCN(CCOCCNC(=O)NCCCCNC(=O)NCCOCCN4CC[C@H](NS(=O)(=O)c5ccc(O[C@H]6c7cc(Cl)cc(C#N)c7C[C@@H]6N6CCN[C@@H](C)C6)cc5)C4)C3)cc2)C1. The number of urea groups is 2. The highest BCUT2D eigenvalue weighted by atomic mass is 35.5. The Bertz CT molecular complexity index is 3260. The van der Waals surface area contributed by atoms with Crippen LogP contribution in [0.4, 0.5) is 9.59 Å². The van der Waals surface area contributed by atoms with Gasteiger partial charge in [0.2, 0.25) is 10.0 Å². The Morgan fingerprint density at radius 1 is 0.620 bits per heavy atom. The Hall–Kier alpha value is -5.84. The molecule has 8 atom stereocenters. The summed E-state index contributed by atoms with van der Waals surface area (Å²) in [6, 6.07) is 24.5. The first-order chi connectivity index (χ1) is 44.4. The Morgan fingerprint density at radius 3 is 1.68 bits per heavy atom. The van der Waals surface area contributed by atoms with Gasteiger partial charge in [-0.25, -0.2) is 31.1 Å². The van der Waals surface area contributed by atoms with Crippen LogP contribution in [-0.4, -0.2) is 203 Å². The van der Waals surface area contributed by atoms with Crippen LogP contribution < -0.4 is 40.8 Å². The summed E-state index contributed by atoms with van der Waals surface area (Å²) in [5.74, 6) is 1.71. The van der Waals surface area contributed by atoms with Crippen LogP contribution in [-0.2, 0) is 42.2 Å². The molecule has 4 saturated heterocycles. The van der Waals surface area contributed by atoms with Gasteiger partial charge in [-0.15, -0.1) is 0 Å². The smallest absolute Gasteiger partial charge is 0.314 e. The third-order valence-electron chi connectivity index (χ3n) is 18.5. The van der Waals surface area contributed by atoms with Crippen molar-refractivity contribution in [1.29, 1.82) is 10.5 Å². The zero-order chi connectivity index (χ0) is 64.8. The molecule has 0 radical (unpaired) electrons. The summed E-state index contributed by atoms with van der Waals surface area (Å²) >= 11 is 13.0. The number of halogens is 2. The number of nitriles is 2. The first-order valence-corrected chi connectivity index (χ1v) is 36.4. The summed E-state index contributed by atoms with van der Waals surface area (Å²) in [7, 11) is -7.36. The maximum Gasteiger partial charge on any atom is 0.314 e. The van der Waals surface area contributed by atoms with E-state index in [4.69, 9.17) is 42.1 Å². The van der Waals surface area contributed by atoms with E-state index in [1.807, 2.05) is 12.1 Å². The second-order valence-electron chi connectivity index (χ2n) is 25.4. The molecule has 2 aliphatic carbocycles. The maximum absolute atomic E-state index is 13.6. The highest BCUT2D eigenvalue weighted by molar-refractivity contribution is 7.91. The van der Waals surface area contributed by atoms with Crippen molar-refractivity contribution in [2.24, 2.45) is 11.8 Å². The molecule has 4 aliphatic heterocycles. The van der Waals surface area contributed by atoms with Crippen LogP contribution in [0.15, 0.2) is 82.6 Å². The van der Waals surface area contributed by atoms with Gasteiger partial charge in [-0.05, 0) is 185 Å². The van der Waals surface area contributed by atoms with E-state index >= 15 is 0 Å². The molecule has 4 aromatic carbocycles. The Labute approximate surface area is 552 Å². The lowest BCUT2D eigenvalue weighted by Crippen LogP contribution is -2.54. The Balaban J connectivity index is 0.525. The highest BCUT2D eigenvalue weighted by Crippen LogP contribution is 2.44. The number of hydrogen-bond donors (Lipinski definition) is 6. The summed E-state index contributed by atoms with van der Waals surface area (Å²) in [6.45, 7) is 15.9. The van der Waals surface area contributed by atoms with Crippen molar-refractivity contribution in [3.8, 4) is 23.6 Å². The number of amides is 4. The highest BCUT2D eigenvalue weighted by Gasteiger charge is 2.43. The van der Waals surface area contributed by atoms with E-state index in [2.05, 4.69) is 76.9 Å². The van der Waals surface area contributed by atoms with Gasteiger partial charge in [0.25, 0.3) is 0 Å². The van der Waals surface area contributed by atoms with Crippen molar-refractivity contribution in [2.75, 3.05) is 130 Å². The molecule has 4 aromatic rings. The minimum Gasteiger partial charge on any atom is -0.484 e. The number of carbonyl (C=O) groups excluding carboxylic acids is 2. The average Bonchev–Trinajstić information content (AvgIpc) is 1.62. The van der Waals surface area contributed by atoms with E-state index in [1.54, 1.807) is 60.7 Å². The van der Waals surface area contributed by atoms with E-state index in [0.29, 0.717) is 162 Å². The molecular formula is C66H88Cl2N12O10S2. The number of piperidine rings is 1. The van der Waals surface area contributed by atoms with Gasteiger partial charge in [-0.3, -0.25) is 14.7 Å². The number of sulfone groups is 1. The third kappa shape index (κ3) is 18.5. The standard InChI is InChI=1S/C66H88Cl2N12O10S2/c1-45-6-5-22-79(40-45)61-36-57-48(38-69)32-50(67)34-59(57)63(61)89-53-7-11-55(12-8-53)91(83,84)44-47-15-23-77(42-47)26-30-87-28-20-74-65(81)72-17-3-4-18-73-66(82)75-21-29-88-31-27-78-24-16-52(43-78)76-92(85,86)56-13-9-54(10-14-56)90-64-60-35-51(68)33-49(39-70)58(60)37-62(64)80-25-19-71-46(2)41-80/h7-14,32-35,45-47,52,61-64,71,76H,3-6,15-31,36-37,40-44H2,1-2H3,(H2,72,74,81)(H2,73,75,82)/t45-,46+,47+,52+,61+,62+,63+,64+/m1/s1. The fourth-order valence-electron chi connectivity index (χ4n) is 13.9. The molecule has 4 fully saturated rings. The van der Waals surface area contributed by atoms with Crippen LogP contribution >= 0.6 is 23.2 Å². The van der Waals surface area contributed by atoms with Gasteiger partial charge >= 0.3 is 12.1 Å². The van der Waals surface area contributed by atoms with Crippen LogP contribution in [0.1, 0.15) is 98.0 Å². The van der Waals surface area contributed by atoms with Crippen molar-refractivity contribution in [3.05, 3.63) is 116 Å². The van der Waals surface area contributed by atoms with E-state index in [0.717, 1.165) is 74.4 Å². The van der Waals surface area contributed by atoms with Gasteiger partial charge in [0.15, 0.2) is 9.84 Å². The molecule has 10 rings (SSSR count). The topological polar surface area (TPSA) is 272 Å². The first kappa shape index (κ1) is 69.0. The molecule has 26 heteroatoms. The van der Waals surface area contributed by atoms with E-state index in [-0.39, 0.29) is 63.9 Å². The fourth-order valence-corrected chi connectivity index (χ4v) is 17.2. The summed E-state index contributed by atoms with van der Waals surface area (Å²) in [4.78, 5) is 34.3. The zero-order valence-electron chi connectivity index (χ0n) is 52.7. The number of fused-ring (bicyclic) bond motifs is 2. The second-order valence-corrected chi connectivity index (χ2v) is 30.0. The maximum atomic E-state index is 13.6. The molecule has 0 spiro atoms. The predicted octanol–water partition coefficient (Wildman–Crippen LogP) is 6.41. The lowest BCUT2D eigenvalue weighted by molar-refractivity contribution is 0.0505. The summed E-state index contributed by atoms with van der Waals surface area (Å²) in [6.07, 6.45) is 5.68. The molecule has 6 aliphatic rings. The Morgan fingerprint density at radius 2 is 1.14 bits per heavy atom. The van der Waals surface area contributed by atoms with Gasteiger partial charge in [0.1, 0.15) is 23.7 Å². The van der Waals surface area contributed by atoms with Crippen LogP contribution in [0.5, 0.6) is 11.5 Å². The Kier molecular flexibility index (Phi) is 24.4. The normalized spacial score (nSPS) is 23.7. The van der Waals surface area contributed by atoms with Crippen molar-refractivity contribution in [3.63, 3.8) is 0 Å². The van der Waals surface area contributed by atoms with Crippen LogP contribution in [0.2, 0.25) is 10.0 Å². The number of hydrogen-bond acceptors (Lipinski definition) is 17. The average molecular weight is 1340 g/mol. The molecule has 6 N–H and O–H groups in total. The molecule has 4 amide bonds. The van der Waals surface area contributed by atoms with Crippen LogP contribution in [0.3, 0.4) is 0 Å². The number of piperazine rings is 1. The van der Waals surface area contributed by atoms with Gasteiger partial charge in [0, 0.05) is 101 Å². The number of nitrogens with one attached hydrogen (secondary N) is 6. The van der Waals surface area contributed by atoms with Gasteiger partial charge in [-0.2, -0.15) is 10.5 Å². The summed E-state index contributed by atoms with van der Waals surface area (Å²) in [5.41, 5.74) is 4.84. The third-order valence-corrected chi connectivity index (χ3v) is 22.4. The molecule has 498 valence electrons. The van der Waals surface area contributed by atoms with E-state index < -0.39 is 19.9 Å². The number of carbonyl (C=O) groups is 2. The zero-order valence-corrected chi connectivity index (χ0v) is 55.8. The molecule has 4 heterocycles. The number of likely N-dealkylation sites (tertiary alicyclic amines) is 3. The monoisotopic (exact) mass is 1340 g/mol. The molecule has 0 saturated carbocycles. The van der Waals surface area contributed by atoms with E-state index in [9.17, 15) is 36.9 Å². The number of ether oxygens (including phenoxy) is 4. The summed E-state index contributed by atoms with van der Waals surface area (Å²) < 4.78 is 82.0. The molecule has 0 aromatic heterocycles. The largest absolute Gasteiger partial charge is 0.484 e. The fraction of sp³-hybridized carbons (Fsp3) is 0.576. The number of rotatable bonds is 29. The lowest BCUT2D eigenvalue weighted by atomic mass is 9.97. The van der Waals surface area contributed by atoms with Gasteiger partial charge < -0.3 is 50.4 Å². The number of nitrogens with zero attached hydrogens (tertiary/aromatic N) is 6. The van der Waals surface area contributed by atoms with Gasteiger partial charge in [-0.1, -0.05) is 30.1 Å². The van der Waals surface area contributed by atoms with Crippen molar-refractivity contribution < 1.29 is 45.4 Å². The lowest BCUT2D eigenvalue weighted by Gasteiger charge is -2.38. The molecular weight excluding hydrogens is 1260 g/mol. The minimum absolute atomic E-state index is 0.00645. The predicted molar refractivity (Wildman–Crippen MR) is 351 cm³/mol. The van der Waals surface area contributed by atoms with Crippen molar-refractivity contribution in [1.82, 2.24) is 50.9 Å². The molecule has 0 bridgehead atoms. The van der Waals surface area contributed by atoms with E-state index in [1.165, 1.54) is 6.42 Å². The van der Waals surface area contributed by atoms with Crippen LogP contribution in [0.25, 0.3) is 0 Å². The number of unbranched alkanes of at least 4 members (excludes halogenated alkanes) is 1. The quantitative estimate of drug-likeness (QED) is 0.0321. The minimum atomic E-state index is -3.81. The van der Waals surface area contributed by atoms with Gasteiger partial charge in [0.05, 0.1) is 77.3 Å². The van der Waals surface area contributed by atoms with Crippen LogP contribution in [0, 0.1) is 34.5 Å². The number of sulfonamides is 1. The molecule has 22 nitrogen and oxygen atoms in total.